The SMILES string of the molecule is Cc1cc(Cl)ccc1Cn1nccc1N. The molecule has 0 aliphatic rings. The third-order valence-corrected chi connectivity index (χ3v) is 2.61. The van der Waals surface area contributed by atoms with Gasteiger partial charge in [-0.2, -0.15) is 5.10 Å². The van der Waals surface area contributed by atoms with E-state index < -0.39 is 0 Å². The van der Waals surface area contributed by atoms with Crippen LogP contribution in [0.15, 0.2) is 30.5 Å². The van der Waals surface area contributed by atoms with Gasteiger partial charge in [0.1, 0.15) is 5.82 Å². The minimum Gasteiger partial charge on any atom is -0.384 e. The third kappa shape index (κ3) is 2.13. The molecule has 15 heavy (non-hydrogen) atoms. The predicted molar refractivity (Wildman–Crippen MR) is 61.9 cm³/mol. The second-order valence-corrected chi connectivity index (χ2v) is 3.92. The van der Waals surface area contributed by atoms with Crippen molar-refractivity contribution < 1.29 is 0 Å². The first-order valence-corrected chi connectivity index (χ1v) is 5.07. The first-order chi connectivity index (χ1) is 7.16. The molecule has 0 bridgehead atoms. The van der Waals surface area contributed by atoms with Crippen LogP contribution in [0.1, 0.15) is 11.1 Å². The number of rotatable bonds is 2. The Hall–Kier alpha value is -1.48. The zero-order valence-corrected chi connectivity index (χ0v) is 9.20. The van der Waals surface area contributed by atoms with Crippen LogP contribution in [0.2, 0.25) is 5.02 Å². The fourth-order valence-corrected chi connectivity index (χ4v) is 1.70. The maximum atomic E-state index is 5.88. The Bertz CT molecular complexity index is 476. The van der Waals surface area contributed by atoms with E-state index in [-0.39, 0.29) is 0 Å². The fourth-order valence-electron chi connectivity index (χ4n) is 1.47. The van der Waals surface area contributed by atoms with Crippen LogP contribution in [0.5, 0.6) is 0 Å². The van der Waals surface area contributed by atoms with Gasteiger partial charge in [0, 0.05) is 5.02 Å². The summed E-state index contributed by atoms with van der Waals surface area (Å²) in [6.07, 6.45) is 1.70. The molecule has 1 heterocycles. The van der Waals surface area contributed by atoms with Crippen molar-refractivity contribution in [1.82, 2.24) is 9.78 Å². The Morgan fingerprint density at radius 3 is 2.80 bits per heavy atom. The second kappa shape index (κ2) is 3.95. The van der Waals surface area contributed by atoms with Gasteiger partial charge in [-0.15, -0.1) is 0 Å². The van der Waals surface area contributed by atoms with Crippen LogP contribution >= 0.6 is 11.6 Å². The topological polar surface area (TPSA) is 43.8 Å². The third-order valence-electron chi connectivity index (χ3n) is 2.37. The van der Waals surface area contributed by atoms with Gasteiger partial charge in [-0.25, -0.2) is 4.68 Å². The minimum atomic E-state index is 0.671. The van der Waals surface area contributed by atoms with Gasteiger partial charge < -0.3 is 5.73 Å². The molecule has 0 amide bonds. The Labute approximate surface area is 93.5 Å². The highest BCUT2D eigenvalue weighted by atomic mass is 35.5. The summed E-state index contributed by atoms with van der Waals surface area (Å²) in [5, 5.41) is 4.89. The molecule has 0 saturated heterocycles. The summed E-state index contributed by atoms with van der Waals surface area (Å²) in [4.78, 5) is 0. The van der Waals surface area contributed by atoms with Crippen LogP contribution in [0.4, 0.5) is 5.82 Å². The lowest BCUT2D eigenvalue weighted by Gasteiger charge is -2.07. The summed E-state index contributed by atoms with van der Waals surface area (Å²) < 4.78 is 1.76. The zero-order valence-electron chi connectivity index (χ0n) is 8.44. The van der Waals surface area contributed by atoms with E-state index in [1.807, 2.05) is 25.1 Å². The highest BCUT2D eigenvalue weighted by molar-refractivity contribution is 6.30. The summed E-state index contributed by atoms with van der Waals surface area (Å²) in [5.41, 5.74) is 8.07. The molecule has 1 aromatic heterocycles. The highest BCUT2D eigenvalue weighted by Gasteiger charge is 2.02. The zero-order chi connectivity index (χ0) is 10.8. The number of benzene rings is 1. The number of hydrogen-bond acceptors (Lipinski definition) is 2. The molecule has 2 rings (SSSR count). The summed E-state index contributed by atoms with van der Waals surface area (Å²) in [6, 6.07) is 7.60. The number of aromatic nitrogens is 2. The van der Waals surface area contributed by atoms with Gasteiger partial charge in [-0.05, 0) is 36.2 Å². The average Bonchev–Trinajstić information content (AvgIpc) is 2.57. The molecule has 0 unspecified atom stereocenters. The summed E-state index contributed by atoms with van der Waals surface area (Å²) in [7, 11) is 0. The van der Waals surface area contributed by atoms with Gasteiger partial charge >= 0.3 is 0 Å². The van der Waals surface area contributed by atoms with Gasteiger partial charge in [-0.1, -0.05) is 17.7 Å². The largest absolute Gasteiger partial charge is 0.384 e. The molecule has 78 valence electrons. The fraction of sp³-hybridized carbons (Fsp3) is 0.182. The van der Waals surface area contributed by atoms with Crippen molar-refractivity contribution >= 4 is 17.4 Å². The summed E-state index contributed by atoms with van der Waals surface area (Å²) >= 11 is 5.88. The molecule has 2 N–H and O–H groups in total. The molecular formula is C11H12ClN3. The van der Waals surface area contributed by atoms with Gasteiger partial charge in [0.05, 0.1) is 12.7 Å². The Kier molecular flexibility index (Phi) is 2.64. The normalized spacial score (nSPS) is 10.5. The maximum absolute atomic E-state index is 5.88. The molecular weight excluding hydrogens is 210 g/mol. The minimum absolute atomic E-state index is 0.671. The number of aryl methyl sites for hydroxylation is 1. The van der Waals surface area contributed by atoms with E-state index in [1.54, 1.807) is 16.9 Å². The smallest absolute Gasteiger partial charge is 0.122 e. The van der Waals surface area contributed by atoms with E-state index in [2.05, 4.69) is 5.10 Å². The van der Waals surface area contributed by atoms with Crippen LogP contribution in [-0.4, -0.2) is 9.78 Å². The van der Waals surface area contributed by atoms with E-state index >= 15 is 0 Å². The average molecular weight is 222 g/mol. The van der Waals surface area contributed by atoms with Crippen LogP contribution in [0.3, 0.4) is 0 Å². The first kappa shape index (κ1) is 10.1. The molecule has 0 atom stereocenters. The highest BCUT2D eigenvalue weighted by Crippen LogP contribution is 2.16. The quantitative estimate of drug-likeness (QED) is 0.847. The van der Waals surface area contributed by atoms with Crippen molar-refractivity contribution in [2.75, 3.05) is 5.73 Å². The van der Waals surface area contributed by atoms with E-state index in [0.717, 1.165) is 10.6 Å². The van der Waals surface area contributed by atoms with E-state index in [9.17, 15) is 0 Å². The van der Waals surface area contributed by atoms with Crippen LogP contribution < -0.4 is 5.73 Å². The van der Waals surface area contributed by atoms with Gasteiger partial charge in [0.25, 0.3) is 0 Å². The lowest BCUT2D eigenvalue weighted by molar-refractivity contribution is 0.694. The van der Waals surface area contributed by atoms with E-state index in [4.69, 9.17) is 17.3 Å². The van der Waals surface area contributed by atoms with Crippen molar-refractivity contribution in [3.8, 4) is 0 Å². The standard InChI is InChI=1S/C11H12ClN3/c1-8-6-10(12)3-2-9(8)7-15-11(13)4-5-14-15/h2-6H,7,13H2,1H3. The molecule has 3 nitrogen and oxygen atoms in total. The molecule has 1 aromatic carbocycles. The first-order valence-electron chi connectivity index (χ1n) is 4.69. The molecule has 0 radical (unpaired) electrons. The van der Waals surface area contributed by atoms with Crippen molar-refractivity contribution in [3.05, 3.63) is 46.6 Å². The van der Waals surface area contributed by atoms with Gasteiger partial charge in [0.15, 0.2) is 0 Å². The van der Waals surface area contributed by atoms with Crippen LogP contribution in [0, 0.1) is 6.92 Å². The Morgan fingerprint density at radius 2 is 2.20 bits per heavy atom. The second-order valence-electron chi connectivity index (χ2n) is 3.48. The number of halogens is 1. The maximum Gasteiger partial charge on any atom is 0.122 e. The number of anilines is 1. The molecule has 0 saturated carbocycles. The number of nitrogen functional groups attached to an aromatic ring is 1. The molecule has 0 spiro atoms. The Morgan fingerprint density at radius 1 is 1.40 bits per heavy atom. The van der Waals surface area contributed by atoms with Gasteiger partial charge in [0.2, 0.25) is 0 Å². The monoisotopic (exact) mass is 221 g/mol. The van der Waals surface area contributed by atoms with Crippen molar-refractivity contribution in [2.24, 2.45) is 0 Å². The van der Waals surface area contributed by atoms with E-state index in [0.29, 0.717) is 12.4 Å². The molecule has 0 fully saturated rings. The lowest BCUT2D eigenvalue weighted by atomic mass is 10.1. The van der Waals surface area contributed by atoms with Crippen LogP contribution in [0.25, 0.3) is 0 Å². The lowest BCUT2D eigenvalue weighted by Crippen LogP contribution is -2.06. The van der Waals surface area contributed by atoms with Crippen molar-refractivity contribution in [1.29, 1.82) is 0 Å². The summed E-state index contributed by atoms with van der Waals surface area (Å²) in [6.45, 7) is 2.71. The molecule has 0 aliphatic heterocycles. The molecule has 4 heteroatoms. The van der Waals surface area contributed by atoms with E-state index in [1.165, 1.54) is 5.56 Å². The molecule has 0 aliphatic carbocycles. The Balaban J connectivity index is 2.29. The van der Waals surface area contributed by atoms with Crippen molar-refractivity contribution in [2.45, 2.75) is 13.5 Å². The van der Waals surface area contributed by atoms with Crippen LogP contribution in [-0.2, 0) is 6.54 Å². The number of hydrogen-bond donors (Lipinski definition) is 1. The summed E-state index contributed by atoms with van der Waals surface area (Å²) in [5.74, 6) is 0.671. The van der Waals surface area contributed by atoms with Crippen molar-refractivity contribution in [3.63, 3.8) is 0 Å². The molecule has 2 aromatic rings. The van der Waals surface area contributed by atoms with Gasteiger partial charge in [-0.3, -0.25) is 0 Å². The predicted octanol–water partition coefficient (Wildman–Crippen LogP) is 2.48. The number of nitrogens with zero attached hydrogens (tertiary/aromatic N) is 2. The number of nitrogens with two attached hydrogens (primary N) is 1.